The second-order valence-electron chi connectivity index (χ2n) is 7.17. The van der Waals surface area contributed by atoms with Crippen LogP contribution in [-0.4, -0.2) is 22.0 Å². The predicted molar refractivity (Wildman–Crippen MR) is 107 cm³/mol. The van der Waals surface area contributed by atoms with Crippen molar-refractivity contribution >= 4 is 17.5 Å². The van der Waals surface area contributed by atoms with Crippen molar-refractivity contribution in [3.05, 3.63) is 89.0 Å². The van der Waals surface area contributed by atoms with Crippen LogP contribution in [0.1, 0.15) is 35.8 Å². The summed E-state index contributed by atoms with van der Waals surface area (Å²) in [5.74, 6) is 0.784. The lowest BCUT2D eigenvalue weighted by atomic mass is 9.95. The van der Waals surface area contributed by atoms with E-state index in [1.165, 1.54) is 0 Å². The Morgan fingerprint density at radius 3 is 2.52 bits per heavy atom. The summed E-state index contributed by atoms with van der Waals surface area (Å²) >= 11 is 6.40. The van der Waals surface area contributed by atoms with Crippen molar-refractivity contribution in [1.82, 2.24) is 14.9 Å². The van der Waals surface area contributed by atoms with Crippen LogP contribution in [0.5, 0.6) is 0 Å². The molecule has 2 aromatic carbocycles. The van der Waals surface area contributed by atoms with E-state index >= 15 is 0 Å². The van der Waals surface area contributed by atoms with Gasteiger partial charge in [0, 0.05) is 29.4 Å². The molecule has 1 fully saturated rings. The molecular weight excluding hydrogens is 358 g/mol. The Morgan fingerprint density at radius 2 is 1.89 bits per heavy atom. The smallest absolute Gasteiger partial charge is 0.247 e. The summed E-state index contributed by atoms with van der Waals surface area (Å²) in [4.78, 5) is 17.5. The van der Waals surface area contributed by atoms with Gasteiger partial charge in [-0.25, -0.2) is 4.98 Å². The minimum absolute atomic E-state index is 0.0272. The van der Waals surface area contributed by atoms with E-state index in [0.717, 1.165) is 34.8 Å². The molecule has 138 valence electrons. The van der Waals surface area contributed by atoms with Crippen LogP contribution in [0.3, 0.4) is 0 Å². The van der Waals surface area contributed by atoms with E-state index in [2.05, 4.69) is 16.4 Å². The van der Waals surface area contributed by atoms with E-state index < -0.39 is 6.04 Å². The van der Waals surface area contributed by atoms with Crippen LogP contribution < -0.4 is 5.32 Å². The fraction of sp³-hybridized carbons (Fsp3) is 0.273. The molecule has 0 unspecified atom stereocenters. The lowest BCUT2D eigenvalue weighted by Crippen LogP contribution is -2.38. The number of hydrogen-bond acceptors (Lipinski definition) is 2. The van der Waals surface area contributed by atoms with Gasteiger partial charge >= 0.3 is 0 Å². The molecule has 0 spiro atoms. The molecule has 4 rings (SSSR count). The number of halogens is 1. The summed E-state index contributed by atoms with van der Waals surface area (Å²) in [6.45, 7) is 2.50. The number of aryl methyl sites for hydroxylation is 1. The highest BCUT2D eigenvalue weighted by Gasteiger charge is 2.45. The summed E-state index contributed by atoms with van der Waals surface area (Å²) in [6, 6.07) is 17.3. The SMILES string of the molecule is Cc1nccn1[C@H](C(=O)NCC1(c2ccccc2Cl)CC1)c1ccccc1. The van der Waals surface area contributed by atoms with E-state index in [9.17, 15) is 4.79 Å². The van der Waals surface area contributed by atoms with Crippen molar-refractivity contribution in [3.8, 4) is 0 Å². The maximum absolute atomic E-state index is 13.2. The number of hydrogen-bond donors (Lipinski definition) is 1. The van der Waals surface area contributed by atoms with Crippen molar-refractivity contribution in [3.63, 3.8) is 0 Å². The summed E-state index contributed by atoms with van der Waals surface area (Å²) in [6.07, 6.45) is 5.66. The number of imidazole rings is 1. The second kappa shape index (κ2) is 7.20. The normalized spacial score (nSPS) is 15.9. The van der Waals surface area contributed by atoms with Gasteiger partial charge in [-0.3, -0.25) is 4.79 Å². The number of amides is 1. The molecule has 0 aliphatic heterocycles. The molecule has 0 saturated heterocycles. The molecule has 1 saturated carbocycles. The van der Waals surface area contributed by atoms with E-state index in [4.69, 9.17) is 11.6 Å². The summed E-state index contributed by atoms with van der Waals surface area (Å²) < 4.78 is 1.92. The molecule has 1 aliphatic carbocycles. The molecule has 27 heavy (non-hydrogen) atoms. The third-order valence-corrected chi connectivity index (χ3v) is 5.73. The van der Waals surface area contributed by atoms with Crippen molar-refractivity contribution in [2.45, 2.75) is 31.2 Å². The van der Waals surface area contributed by atoms with Gasteiger partial charge in [-0.15, -0.1) is 0 Å². The van der Waals surface area contributed by atoms with E-state index in [-0.39, 0.29) is 11.3 Å². The molecule has 3 aromatic rings. The van der Waals surface area contributed by atoms with E-state index in [1.54, 1.807) is 6.20 Å². The average Bonchev–Trinajstić information content (AvgIpc) is 3.37. The van der Waals surface area contributed by atoms with Crippen LogP contribution in [0.15, 0.2) is 67.0 Å². The first kappa shape index (κ1) is 17.8. The highest BCUT2D eigenvalue weighted by molar-refractivity contribution is 6.31. The minimum atomic E-state index is -0.434. The van der Waals surface area contributed by atoms with Crippen molar-refractivity contribution in [2.75, 3.05) is 6.54 Å². The Balaban J connectivity index is 1.57. The van der Waals surface area contributed by atoms with Crippen molar-refractivity contribution < 1.29 is 4.79 Å². The topological polar surface area (TPSA) is 46.9 Å². The third kappa shape index (κ3) is 3.50. The molecule has 5 heteroatoms. The molecule has 0 radical (unpaired) electrons. The fourth-order valence-corrected chi connectivity index (χ4v) is 4.01. The standard InChI is InChI=1S/C22H22ClN3O/c1-16-24-13-14-26(16)20(17-7-3-2-4-8-17)21(27)25-15-22(11-12-22)18-9-5-6-10-19(18)23/h2-10,13-14,20H,11-12,15H2,1H3,(H,25,27)/t20-/m0/s1. The van der Waals surface area contributed by atoms with Gasteiger partial charge in [0.1, 0.15) is 11.9 Å². The Labute approximate surface area is 164 Å². The Hall–Kier alpha value is -2.59. The van der Waals surface area contributed by atoms with Gasteiger partial charge in [0.15, 0.2) is 0 Å². The quantitative estimate of drug-likeness (QED) is 0.694. The summed E-state index contributed by atoms with van der Waals surface area (Å²) in [7, 11) is 0. The summed E-state index contributed by atoms with van der Waals surface area (Å²) in [5.41, 5.74) is 2.03. The Morgan fingerprint density at radius 1 is 1.19 bits per heavy atom. The monoisotopic (exact) mass is 379 g/mol. The molecule has 1 amide bonds. The van der Waals surface area contributed by atoms with E-state index in [1.807, 2.05) is 66.2 Å². The predicted octanol–water partition coefficient (Wildman–Crippen LogP) is 4.28. The highest BCUT2D eigenvalue weighted by Crippen LogP contribution is 2.49. The first-order valence-corrected chi connectivity index (χ1v) is 9.56. The van der Waals surface area contributed by atoms with Crippen LogP contribution >= 0.6 is 11.6 Å². The van der Waals surface area contributed by atoms with Gasteiger partial charge in [-0.2, -0.15) is 0 Å². The Bertz CT molecular complexity index is 947. The van der Waals surface area contributed by atoms with Crippen LogP contribution in [0.25, 0.3) is 0 Å². The zero-order valence-electron chi connectivity index (χ0n) is 15.2. The van der Waals surface area contributed by atoms with Gasteiger partial charge in [0.25, 0.3) is 0 Å². The largest absolute Gasteiger partial charge is 0.353 e. The fourth-order valence-electron chi connectivity index (χ4n) is 3.67. The van der Waals surface area contributed by atoms with Gasteiger partial charge in [0.05, 0.1) is 0 Å². The number of benzene rings is 2. The first-order valence-electron chi connectivity index (χ1n) is 9.18. The molecule has 1 aliphatic rings. The number of nitrogens with zero attached hydrogens (tertiary/aromatic N) is 2. The minimum Gasteiger partial charge on any atom is -0.353 e. The van der Waals surface area contributed by atoms with Crippen LogP contribution in [0, 0.1) is 6.92 Å². The first-order chi connectivity index (χ1) is 13.1. The van der Waals surface area contributed by atoms with Crippen molar-refractivity contribution in [1.29, 1.82) is 0 Å². The van der Waals surface area contributed by atoms with Crippen LogP contribution in [0.4, 0.5) is 0 Å². The van der Waals surface area contributed by atoms with Gasteiger partial charge in [0.2, 0.25) is 5.91 Å². The van der Waals surface area contributed by atoms with Gasteiger partial charge < -0.3 is 9.88 Å². The second-order valence-corrected chi connectivity index (χ2v) is 7.58. The van der Waals surface area contributed by atoms with Crippen LogP contribution in [-0.2, 0) is 10.2 Å². The molecule has 1 aromatic heterocycles. The zero-order chi connectivity index (χ0) is 18.9. The number of aromatic nitrogens is 2. The number of nitrogens with one attached hydrogen (secondary N) is 1. The molecule has 1 atom stereocenters. The maximum Gasteiger partial charge on any atom is 0.247 e. The Kier molecular flexibility index (Phi) is 4.75. The lowest BCUT2D eigenvalue weighted by Gasteiger charge is -2.23. The van der Waals surface area contributed by atoms with Crippen molar-refractivity contribution in [2.24, 2.45) is 0 Å². The number of carbonyl (C=O) groups is 1. The summed E-state index contributed by atoms with van der Waals surface area (Å²) in [5, 5.41) is 3.95. The van der Waals surface area contributed by atoms with Gasteiger partial charge in [-0.1, -0.05) is 60.1 Å². The molecule has 1 N–H and O–H groups in total. The molecular formula is C22H22ClN3O. The van der Waals surface area contributed by atoms with Crippen LogP contribution in [0.2, 0.25) is 5.02 Å². The lowest BCUT2D eigenvalue weighted by molar-refractivity contribution is -0.123. The maximum atomic E-state index is 13.2. The van der Waals surface area contributed by atoms with Gasteiger partial charge in [-0.05, 0) is 37.0 Å². The number of carbonyl (C=O) groups excluding carboxylic acids is 1. The van der Waals surface area contributed by atoms with E-state index in [0.29, 0.717) is 6.54 Å². The average molecular weight is 380 g/mol. The third-order valence-electron chi connectivity index (χ3n) is 5.40. The zero-order valence-corrected chi connectivity index (χ0v) is 16.0. The molecule has 4 nitrogen and oxygen atoms in total. The highest BCUT2D eigenvalue weighted by atomic mass is 35.5. The number of rotatable bonds is 6. The molecule has 1 heterocycles. The molecule has 0 bridgehead atoms.